The molecule has 3 aliphatic carbocycles. The number of hydrogen-bond acceptors (Lipinski definition) is 3. The molecule has 0 amide bonds. The number of ether oxygens (including phenoxy) is 1. The molecule has 0 bridgehead atoms. The molecule has 0 saturated heterocycles. The predicted octanol–water partition coefficient (Wildman–Crippen LogP) is 5.50. The van der Waals surface area contributed by atoms with Gasteiger partial charge in [0.15, 0.2) is 0 Å². The van der Waals surface area contributed by atoms with E-state index in [9.17, 15) is 9.18 Å². The van der Waals surface area contributed by atoms with E-state index in [1.807, 2.05) is 12.1 Å². The van der Waals surface area contributed by atoms with Crippen LogP contribution in [-0.4, -0.2) is 24.2 Å². The fraction of sp³-hybridized carbons (Fsp3) is 0.440. The van der Waals surface area contributed by atoms with Gasteiger partial charge in [-0.25, -0.2) is 13.6 Å². The molecule has 1 saturated carbocycles. The first kappa shape index (κ1) is 19.4. The van der Waals surface area contributed by atoms with Crippen molar-refractivity contribution >= 4 is 11.5 Å². The zero-order chi connectivity index (χ0) is 21.0. The van der Waals surface area contributed by atoms with Crippen molar-refractivity contribution in [1.82, 2.24) is 4.98 Å². The van der Waals surface area contributed by atoms with Crippen LogP contribution in [0, 0.1) is 23.1 Å². The molecule has 156 valence electrons. The Labute approximate surface area is 175 Å². The Bertz CT molecular complexity index is 1050. The molecule has 1 fully saturated rings. The predicted molar refractivity (Wildman–Crippen MR) is 110 cm³/mol. The number of allylic oxidation sites excluding steroid dienone is 2. The molecule has 3 nitrogen and oxygen atoms in total. The number of carbonyl (C=O) groups is 1. The molecule has 30 heavy (non-hydrogen) atoms. The van der Waals surface area contributed by atoms with Crippen molar-refractivity contribution in [3.05, 3.63) is 70.8 Å². The molecule has 0 spiro atoms. The summed E-state index contributed by atoms with van der Waals surface area (Å²) in [7, 11) is 1.37. The van der Waals surface area contributed by atoms with Crippen LogP contribution >= 0.6 is 0 Å². The van der Waals surface area contributed by atoms with Crippen molar-refractivity contribution in [2.45, 2.75) is 44.7 Å². The van der Waals surface area contributed by atoms with Crippen molar-refractivity contribution < 1.29 is 18.3 Å². The second-order valence-electron chi connectivity index (χ2n) is 9.12. The molecular formula is C25H25F2NO2. The highest BCUT2D eigenvalue weighted by atomic mass is 19.1. The van der Waals surface area contributed by atoms with Crippen LogP contribution < -0.4 is 0 Å². The Morgan fingerprint density at radius 3 is 2.87 bits per heavy atom. The third kappa shape index (κ3) is 2.82. The van der Waals surface area contributed by atoms with Gasteiger partial charge in [-0.1, -0.05) is 19.1 Å². The lowest BCUT2D eigenvalue weighted by Gasteiger charge is -2.51. The van der Waals surface area contributed by atoms with E-state index in [0.29, 0.717) is 17.9 Å². The lowest BCUT2D eigenvalue weighted by atomic mass is 9.53. The minimum absolute atomic E-state index is 0.156. The van der Waals surface area contributed by atoms with Crippen LogP contribution in [-0.2, 0) is 11.2 Å². The fourth-order valence-electron chi connectivity index (χ4n) is 6.42. The number of carbonyl (C=O) groups excluding carboxylic acids is 1. The van der Waals surface area contributed by atoms with E-state index in [-0.39, 0.29) is 29.0 Å². The number of alkyl halides is 1. The first-order chi connectivity index (χ1) is 14.4. The summed E-state index contributed by atoms with van der Waals surface area (Å²) >= 11 is 0. The number of methoxy groups -OCH3 is 1. The SMILES string of the molecule is COC(=O)c1ccc2c(c1)CC[C@@H]1[C@@H]2[C@@H](F)C[C@]2(C)C(c3cncc(F)c3)=CC[C@@H]12. The number of halogens is 2. The number of fused-ring (bicyclic) bond motifs is 5. The van der Waals surface area contributed by atoms with E-state index in [1.54, 1.807) is 12.3 Å². The number of pyridine rings is 1. The number of rotatable bonds is 2. The highest BCUT2D eigenvalue weighted by molar-refractivity contribution is 5.89. The van der Waals surface area contributed by atoms with Gasteiger partial charge in [0.1, 0.15) is 12.0 Å². The molecule has 1 heterocycles. The molecule has 3 aliphatic rings. The number of benzene rings is 1. The number of aryl methyl sites for hydroxylation is 1. The minimum atomic E-state index is -0.984. The number of nitrogens with zero attached hydrogens (tertiary/aromatic N) is 1. The highest BCUT2D eigenvalue weighted by Crippen LogP contribution is 2.63. The molecule has 1 aromatic carbocycles. The second kappa shape index (κ2) is 7.00. The van der Waals surface area contributed by atoms with Crippen LogP contribution in [0.15, 0.2) is 42.7 Å². The summed E-state index contributed by atoms with van der Waals surface area (Å²) in [4.78, 5) is 15.9. The van der Waals surface area contributed by atoms with E-state index < -0.39 is 6.17 Å². The van der Waals surface area contributed by atoms with Crippen LogP contribution in [0.25, 0.3) is 5.57 Å². The summed E-state index contributed by atoms with van der Waals surface area (Å²) in [6, 6.07) is 7.06. The molecule has 5 atom stereocenters. The molecule has 2 aromatic rings. The normalized spacial score (nSPS) is 31.9. The maximum atomic E-state index is 15.8. The third-order valence-corrected chi connectivity index (χ3v) is 7.68. The number of hydrogen-bond donors (Lipinski definition) is 0. The average Bonchev–Trinajstić information content (AvgIpc) is 3.09. The van der Waals surface area contributed by atoms with Gasteiger partial charge in [0.25, 0.3) is 0 Å². The molecule has 5 heteroatoms. The zero-order valence-corrected chi connectivity index (χ0v) is 17.2. The Balaban J connectivity index is 1.49. The monoisotopic (exact) mass is 409 g/mol. The summed E-state index contributed by atoms with van der Waals surface area (Å²) in [6.45, 7) is 2.14. The zero-order valence-electron chi connectivity index (χ0n) is 17.2. The average molecular weight is 409 g/mol. The van der Waals surface area contributed by atoms with Gasteiger partial charge < -0.3 is 4.74 Å². The Morgan fingerprint density at radius 1 is 1.27 bits per heavy atom. The smallest absolute Gasteiger partial charge is 0.337 e. The highest BCUT2D eigenvalue weighted by Gasteiger charge is 2.55. The minimum Gasteiger partial charge on any atom is -0.465 e. The number of aromatic nitrogens is 1. The van der Waals surface area contributed by atoms with Crippen LogP contribution in [0.4, 0.5) is 8.78 Å². The summed E-state index contributed by atoms with van der Waals surface area (Å²) in [6.07, 6.45) is 7.10. The molecule has 0 unspecified atom stereocenters. The van der Waals surface area contributed by atoms with Crippen molar-refractivity contribution in [3.8, 4) is 0 Å². The fourth-order valence-corrected chi connectivity index (χ4v) is 6.42. The second-order valence-corrected chi connectivity index (χ2v) is 9.12. The van der Waals surface area contributed by atoms with Crippen molar-refractivity contribution in [1.29, 1.82) is 0 Å². The standard InChI is InChI=1S/C25H25F2NO2/c1-25-11-22(27)23-18-5-4-15(24(29)30-2)9-14(18)3-6-19(23)21(25)8-7-20(25)16-10-17(26)13-28-12-16/h4-5,7,9-10,12-13,19,21-23H,3,6,8,11H2,1-2H3/t19-,21-,22-,23+,25+/m0/s1. The summed E-state index contributed by atoms with van der Waals surface area (Å²) < 4.78 is 34.4. The van der Waals surface area contributed by atoms with E-state index >= 15 is 4.39 Å². The Hall–Kier alpha value is -2.56. The van der Waals surface area contributed by atoms with Crippen molar-refractivity contribution in [2.75, 3.05) is 7.11 Å². The van der Waals surface area contributed by atoms with Gasteiger partial charge in [-0.3, -0.25) is 4.98 Å². The Morgan fingerprint density at radius 2 is 2.10 bits per heavy atom. The van der Waals surface area contributed by atoms with Gasteiger partial charge in [0.2, 0.25) is 0 Å². The quantitative estimate of drug-likeness (QED) is 0.615. The van der Waals surface area contributed by atoms with Gasteiger partial charge in [-0.15, -0.1) is 0 Å². The van der Waals surface area contributed by atoms with E-state index in [0.717, 1.165) is 41.5 Å². The first-order valence-corrected chi connectivity index (χ1v) is 10.6. The van der Waals surface area contributed by atoms with Crippen LogP contribution in [0.5, 0.6) is 0 Å². The maximum Gasteiger partial charge on any atom is 0.337 e. The van der Waals surface area contributed by atoms with Gasteiger partial charge >= 0.3 is 5.97 Å². The molecule has 0 N–H and O–H groups in total. The maximum absolute atomic E-state index is 15.8. The van der Waals surface area contributed by atoms with Gasteiger partial charge in [-0.2, -0.15) is 0 Å². The van der Waals surface area contributed by atoms with E-state index in [1.165, 1.54) is 19.4 Å². The van der Waals surface area contributed by atoms with Crippen molar-refractivity contribution in [2.24, 2.45) is 17.3 Å². The number of esters is 1. The van der Waals surface area contributed by atoms with Crippen molar-refractivity contribution in [3.63, 3.8) is 0 Å². The largest absolute Gasteiger partial charge is 0.465 e. The van der Waals surface area contributed by atoms with Crippen LogP contribution in [0.3, 0.4) is 0 Å². The molecule has 5 rings (SSSR count). The van der Waals surface area contributed by atoms with E-state index in [2.05, 4.69) is 18.0 Å². The summed E-state index contributed by atoms with van der Waals surface area (Å²) in [5.41, 5.74) is 4.10. The Kier molecular flexibility index (Phi) is 4.53. The molecular weight excluding hydrogens is 384 g/mol. The molecule has 0 radical (unpaired) electrons. The lowest BCUT2D eigenvalue weighted by molar-refractivity contribution is 0.0237. The van der Waals surface area contributed by atoms with E-state index in [4.69, 9.17) is 4.74 Å². The van der Waals surface area contributed by atoms with Crippen LogP contribution in [0.1, 0.15) is 59.2 Å². The first-order valence-electron chi connectivity index (χ1n) is 10.6. The van der Waals surface area contributed by atoms with Gasteiger partial charge in [0.05, 0.1) is 18.9 Å². The third-order valence-electron chi connectivity index (χ3n) is 7.68. The van der Waals surface area contributed by atoms with Gasteiger partial charge in [0, 0.05) is 12.1 Å². The molecule has 1 aromatic heterocycles. The summed E-state index contributed by atoms with van der Waals surface area (Å²) in [5.74, 6) is -0.330. The van der Waals surface area contributed by atoms with Crippen LogP contribution in [0.2, 0.25) is 0 Å². The topological polar surface area (TPSA) is 39.2 Å². The van der Waals surface area contributed by atoms with Gasteiger partial charge in [-0.05, 0) is 83.4 Å². The lowest BCUT2D eigenvalue weighted by Crippen LogP contribution is -2.46. The molecule has 0 aliphatic heterocycles. The summed E-state index contributed by atoms with van der Waals surface area (Å²) in [5, 5.41) is 0.